The first-order valence-corrected chi connectivity index (χ1v) is 9.60. The van der Waals surface area contributed by atoms with Crippen molar-refractivity contribution < 1.29 is 24.2 Å². The first-order valence-electron chi connectivity index (χ1n) is 8.72. The highest BCUT2D eigenvalue weighted by atomic mass is 32.1. The molecular formula is C18H30N2O5S. The Bertz CT molecular complexity index is 609. The van der Waals surface area contributed by atoms with Gasteiger partial charge in [0.1, 0.15) is 16.7 Å². The summed E-state index contributed by atoms with van der Waals surface area (Å²) in [5.41, 5.74) is -0.400. The van der Waals surface area contributed by atoms with Gasteiger partial charge in [0, 0.05) is 24.9 Å². The molecule has 0 saturated carbocycles. The van der Waals surface area contributed by atoms with Crippen molar-refractivity contribution in [2.45, 2.75) is 65.7 Å². The Balaban J connectivity index is 2.83. The molecule has 0 aliphatic rings. The number of aromatic nitrogens is 1. The lowest BCUT2D eigenvalue weighted by molar-refractivity contribution is 0.0106. The van der Waals surface area contributed by atoms with Gasteiger partial charge in [-0.3, -0.25) is 0 Å². The van der Waals surface area contributed by atoms with Crippen molar-refractivity contribution in [1.29, 1.82) is 0 Å². The van der Waals surface area contributed by atoms with Crippen LogP contribution in [0.15, 0.2) is 5.38 Å². The lowest BCUT2D eigenvalue weighted by Gasteiger charge is -2.34. The van der Waals surface area contributed by atoms with Crippen molar-refractivity contribution >= 4 is 23.4 Å². The minimum atomic E-state index is -0.888. The second-order valence-electron chi connectivity index (χ2n) is 7.45. The molecule has 0 unspecified atom stereocenters. The molecule has 26 heavy (non-hydrogen) atoms. The predicted octanol–water partition coefficient (Wildman–Crippen LogP) is 3.63. The Morgan fingerprint density at radius 1 is 1.35 bits per heavy atom. The number of esters is 1. The Morgan fingerprint density at radius 2 is 1.96 bits per heavy atom. The van der Waals surface area contributed by atoms with Crippen LogP contribution in [-0.2, 0) is 9.47 Å². The number of amides is 1. The van der Waals surface area contributed by atoms with Crippen molar-refractivity contribution in [3.05, 3.63) is 16.1 Å². The first-order chi connectivity index (χ1) is 12.0. The van der Waals surface area contributed by atoms with E-state index in [1.165, 1.54) is 16.2 Å². The van der Waals surface area contributed by atoms with Gasteiger partial charge in [0.05, 0.1) is 6.61 Å². The van der Waals surface area contributed by atoms with E-state index >= 15 is 0 Å². The number of carbonyl (C=O) groups excluding carboxylic acids is 2. The standard InChI is InChI=1S/C18H30N2O5S/c1-8-24-16(22)12-10-26-15(19-12)14(21)9-13(11(2)3)20(7)17(23)25-18(4,5)6/h10-11,13-14,21H,8-9H2,1-7H3/t13-,14-/m1/s1. The maximum atomic E-state index is 12.3. The molecule has 1 amide bonds. The molecule has 0 bridgehead atoms. The number of ether oxygens (including phenoxy) is 2. The molecule has 1 aromatic rings. The summed E-state index contributed by atoms with van der Waals surface area (Å²) in [6, 6.07) is -0.241. The van der Waals surface area contributed by atoms with Crippen LogP contribution in [0.3, 0.4) is 0 Å². The summed E-state index contributed by atoms with van der Waals surface area (Å²) in [4.78, 5) is 29.7. The van der Waals surface area contributed by atoms with E-state index in [1.807, 2.05) is 34.6 Å². The summed E-state index contributed by atoms with van der Waals surface area (Å²) in [5, 5.41) is 12.5. The molecule has 148 valence electrons. The summed E-state index contributed by atoms with van der Waals surface area (Å²) < 4.78 is 10.3. The first kappa shape index (κ1) is 22.4. The highest BCUT2D eigenvalue weighted by molar-refractivity contribution is 7.09. The summed E-state index contributed by atoms with van der Waals surface area (Å²) in [7, 11) is 1.66. The van der Waals surface area contributed by atoms with Crippen LogP contribution < -0.4 is 0 Å². The van der Waals surface area contributed by atoms with Gasteiger partial charge in [0.15, 0.2) is 5.69 Å². The zero-order valence-electron chi connectivity index (χ0n) is 16.6. The summed E-state index contributed by atoms with van der Waals surface area (Å²) in [6.07, 6.45) is -1.03. The van der Waals surface area contributed by atoms with Crippen LogP contribution in [0.1, 0.15) is 69.6 Å². The number of aliphatic hydroxyl groups excluding tert-OH is 1. The van der Waals surface area contributed by atoms with Crippen LogP contribution in [0.5, 0.6) is 0 Å². The number of carbonyl (C=O) groups is 2. The average molecular weight is 387 g/mol. The van der Waals surface area contributed by atoms with Gasteiger partial charge in [-0.25, -0.2) is 14.6 Å². The fourth-order valence-corrected chi connectivity index (χ4v) is 3.20. The van der Waals surface area contributed by atoms with Gasteiger partial charge in [-0.05, 0) is 33.6 Å². The van der Waals surface area contributed by atoms with E-state index in [2.05, 4.69) is 4.98 Å². The number of rotatable bonds is 7. The molecule has 1 N–H and O–H groups in total. The third-order valence-electron chi connectivity index (χ3n) is 3.70. The van der Waals surface area contributed by atoms with Crippen molar-refractivity contribution in [3.63, 3.8) is 0 Å². The molecule has 8 heteroatoms. The van der Waals surface area contributed by atoms with Gasteiger partial charge < -0.3 is 19.5 Å². The predicted molar refractivity (Wildman–Crippen MR) is 100 cm³/mol. The van der Waals surface area contributed by atoms with E-state index in [4.69, 9.17) is 9.47 Å². The molecule has 0 saturated heterocycles. The molecular weight excluding hydrogens is 356 g/mol. The quantitative estimate of drug-likeness (QED) is 0.720. The van der Waals surface area contributed by atoms with E-state index in [0.717, 1.165) is 0 Å². The van der Waals surface area contributed by atoms with E-state index in [9.17, 15) is 14.7 Å². The smallest absolute Gasteiger partial charge is 0.410 e. The van der Waals surface area contributed by atoms with Gasteiger partial charge in [-0.15, -0.1) is 11.3 Å². The van der Waals surface area contributed by atoms with Crippen LogP contribution in [-0.4, -0.2) is 52.4 Å². The second kappa shape index (κ2) is 9.32. The Hall–Kier alpha value is -1.67. The SMILES string of the molecule is CCOC(=O)c1csc([C@H](O)C[C@H](C(C)C)N(C)C(=O)OC(C)(C)C)n1. The fraction of sp³-hybridized carbons (Fsp3) is 0.722. The number of thiazole rings is 1. The van der Waals surface area contributed by atoms with Crippen LogP contribution in [0.4, 0.5) is 4.79 Å². The largest absolute Gasteiger partial charge is 0.461 e. The Morgan fingerprint density at radius 3 is 2.46 bits per heavy atom. The molecule has 1 aromatic heterocycles. The van der Waals surface area contributed by atoms with E-state index in [0.29, 0.717) is 11.4 Å². The summed E-state index contributed by atoms with van der Waals surface area (Å²) in [6.45, 7) is 11.4. The van der Waals surface area contributed by atoms with Crippen molar-refractivity contribution in [1.82, 2.24) is 9.88 Å². The summed E-state index contributed by atoms with van der Waals surface area (Å²) >= 11 is 1.20. The molecule has 0 aliphatic carbocycles. The maximum Gasteiger partial charge on any atom is 0.410 e. The lowest BCUT2D eigenvalue weighted by Crippen LogP contribution is -2.44. The van der Waals surface area contributed by atoms with E-state index < -0.39 is 23.8 Å². The zero-order valence-corrected chi connectivity index (χ0v) is 17.4. The minimum absolute atomic E-state index is 0.103. The second-order valence-corrected chi connectivity index (χ2v) is 8.34. The van der Waals surface area contributed by atoms with Crippen molar-refractivity contribution in [2.24, 2.45) is 5.92 Å². The molecule has 7 nitrogen and oxygen atoms in total. The Labute approximate surface area is 159 Å². The number of hydrogen-bond acceptors (Lipinski definition) is 7. The average Bonchev–Trinajstić information content (AvgIpc) is 3.00. The van der Waals surface area contributed by atoms with Crippen molar-refractivity contribution in [3.8, 4) is 0 Å². The fourth-order valence-electron chi connectivity index (χ4n) is 2.42. The molecule has 0 fully saturated rings. The van der Waals surface area contributed by atoms with Crippen LogP contribution in [0.25, 0.3) is 0 Å². The van der Waals surface area contributed by atoms with Crippen LogP contribution >= 0.6 is 11.3 Å². The molecule has 0 spiro atoms. The highest BCUT2D eigenvalue weighted by Gasteiger charge is 2.30. The third kappa shape index (κ3) is 6.57. The number of aliphatic hydroxyl groups is 1. The Kier molecular flexibility index (Phi) is 8.02. The lowest BCUT2D eigenvalue weighted by atomic mass is 9.97. The van der Waals surface area contributed by atoms with Gasteiger partial charge >= 0.3 is 12.1 Å². The molecule has 0 aliphatic heterocycles. The molecule has 1 rings (SSSR count). The molecule has 0 aromatic carbocycles. The van der Waals surface area contributed by atoms with E-state index in [1.54, 1.807) is 19.4 Å². The topological polar surface area (TPSA) is 89.0 Å². The minimum Gasteiger partial charge on any atom is -0.461 e. The normalized spacial score (nSPS) is 14.0. The van der Waals surface area contributed by atoms with Gasteiger partial charge in [0.25, 0.3) is 0 Å². The van der Waals surface area contributed by atoms with Gasteiger partial charge in [-0.1, -0.05) is 13.8 Å². The number of hydrogen-bond donors (Lipinski definition) is 1. The van der Waals surface area contributed by atoms with E-state index in [-0.39, 0.29) is 24.3 Å². The van der Waals surface area contributed by atoms with Gasteiger partial charge in [0.2, 0.25) is 0 Å². The zero-order chi connectivity index (χ0) is 20.1. The van der Waals surface area contributed by atoms with Crippen molar-refractivity contribution in [2.75, 3.05) is 13.7 Å². The maximum absolute atomic E-state index is 12.3. The molecule has 2 atom stereocenters. The molecule has 0 radical (unpaired) electrons. The number of nitrogens with zero attached hydrogens (tertiary/aromatic N) is 2. The highest BCUT2D eigenvalue weighted by Crippen LogP contribution is 2.27. The summed E-state index contributed by atoms with van der Waals surface area (Å²) in [5.74, 6) is -0.403. The van der Waals surface area contributed by atoms with Gasteiger partial charge in [-0.2, -0.15) is 0 Å². The van der Waals surface area contributed by atoms with Crippen LogP contribution in [0, 0.1) is 5.92 Å². The monoisotopic (exact) mass is 386 g/mol. The van der Waals surface area contributed by atoms with Crippen LogP contribution in [0.2, 0.25) is 0 Å². The third-order valence-corrected chi connectivity index (χ3v) is 4.65. The molecule has 1 heterocycles.